The Morgan fingerprint density at radius 2 is 1.73 bits per heavy atom. The van der Waals surface area contributed by atoms with Gasteiger partial charge in [0.1, 0.15) is 6.33 Å². The van der Waals surface area contributed by atoms with Gasteiger partial charge in [-0.1, -0.05) is 51.1 Å². The molecule has 1 N–H and O–H groups in total. The Bertz CT molecular complexity index is 711. The van der Waals surface area contributed by atoms with Gasteiger partial charge in [0.05, 0.1) is 5.69 Å². The highest BCUT2D eigenvalue weighted by atomic mass is 16.4. The van der Waals surface area contributed by atoms with Gasteiger partial charge in [0.2, 0.25) is 0 Å². The first-order chi connectivity index (χ1) is 10.3. The summed E-state index contributed by atoms with van der Waals surface area (Å²) in [6.07, 6.45) is 5.02. The SMILES string of the molecule is Cc1c(C=Cc2ccc(C(C)(C)C)cc2)ncnc1C(=O)O. The fraction of sp³-hybridized carbons (Fsp3) is 0.278. The maximum absolute atomic E-state index is 11.1. The second-order valence-corrected chi connectivity index (χ2v) is 6.24. The zero-order valence-corrected chi connectivity index (χ0v) is 13.3. The summed E-state index contributed by atoms with van der Waals surface area (Å²) < 4.78 is 0. The van der Waals surface area contributed by atoms with Crippen molar-refractivity contribution in [2.45, 2.75) is 33.1 Å². The number of carboxylic acid groups (broad SMARTS) is 1. The summed E-state index contributed by atoms with van der Waals surface area (Å²) in [6.45, 7) is 8.24. The highest BCUT2D eigenvalue weighted by Crippen LogP contribution is 2.22. The monoisotopic (exact) mass is 296 g/mol. The molecule has 4 nitrogen and oxygen atoms in total. The minimum Gasteiger partial charge on any atom is -0.477 e. The average Bonchev–Trinajstić information content (AvgIpc) is 2.45. The minimum absolute atomic E-state index is 0.0396. The number of nitrogens with zero attached hydrogens (tertiary/aromatic N) is 2. The Labute approximate surface area is 130 Å². The zero-order chi connectivity index (χ0) is 16.3. The molecule has 0 aliphatic rings. The highest BCUT2D eigenvalue weighted by molar-refractivity contribution is 5.88. The summed E-state index contributed by atoms with van der Waals surface area (Å²) in [7, 11) is 0. The van der Waals surface area contributed by atoms with E-state index in [1.54, 1.807) is 6.92 Å². The molecule has 0 spiro atoms. The Morgan fingerprint density at radius 3 is 2.27 bits per heavy atom. The summed E-state index contributed by atoms with van der Waals surface area (Å²) >= 11 is 0. The number of aromatic carboxylic acids is 1. The molecule has 0 fully saturated rings. The third-order valence-electron chi connectivity index (χ3n) is 3.54. The van der Waals surface area contributed by atoms with E-state index >= 15 is 0 Å². The first kappa shape index (κ1) is 15.9. The van der Waals surface area contributed by atoms with Crippen LogP contribution in [0.1, 0.15) is 53.6 Å². The number of benzene rings is 1. The van der Waals surface area contributed by atoms with Gasteiger partial charge >= 0.3 is 5.97 Å². The van der Waals surface area contributed by atoms with E-state index in [4.69, 9.17) is 5.11 Å². The van der Waals surface area contributed by atoms with Gasteiger partial charge in [-0.2, -0.15) is 0 Å². The summed E-state index contributed by atoms with van der Waals surface area (Å²) in [4.78, 5) is 19.0. The molecule has 22 heavy (non-hydrogen) atoms. The second-order valence-electron chi connectivity index (χ2n) is 6.24. The van der Waals surface area contributed by atoms with Crippen LogP contribution in [0.15, 0.2) is 30.6 Å². The van der Waals surface area contributed by atoms with E-state index in [0.29, 0.717) is 11.3 Å². The molecule has 2 aromatic rings. The molecule has 1 aromatic heterocycles. The minimum atomic E-state index is -1.04. The predicted molar refractivity (Wildman–Crippen MR) is 87.8 cm³/mol. The largest absolute Gasteiger partial charge is 0.477 e. The van der Waals surface area contributed by atoms with Crippen LogP contribution < -0.4 is 0 Å². The number of carboxylic acids is 1. The van der Waals surface area contributed by atoms with Crippen molar-refractivity contribution in [2.24, 2.45) is 0 Å². The summed E-state index contributed by atoms with van der Waals surface area (Å²) in [5.74, 6) is -1.04. The van der Waals surface area contributed by atoms with Crippen molar-refractivity contribution in [3.8, 4) is 0 Å². The molecule has 0 atom stereocenters. The van der Waals surface area contributed by atoms with Crippen LogP contribution in [0.3, 0.4) is 0 Å². The Balaban J connectivity index is 2.26. The van der Waals surface area contributed by atoms with Crippen LogP contribution in [-0.2, 0) is 5.41 Å². The van der Waals surface area contributed by atoms with E-state index < -0.39 is 5.97 Å². The van der Waals surface area contributed by atoms with E-state index in [1.807, 2.05) is 24.3 Å². The topological polar surface area (TPSA) is 63.1 Å². The van der Waals surface area contributed by atoms with Gasteiger partial charge < -0.3 is 5.11 Å². The van der Waals surface area contributed by atoms with Crippen LogP contribution in [0.4, 0.5) is 0 Å². The lowest BCUT2D eigenvalue weighted by Crippen LogP contribution is -2.10. The molecule has 0 aliphatic heterocycles. The quantitative estimate of drug-likeness (QED) is 0.931. The maximum Gasteiger partial charge on any atom is 0.354 e. The smallest absolute Gasteiger partial charge is 0.354 e. The molecule has 114 valence electrons. The number of rotatable bonds is 3. The molecule has 0 saturated heterocycles. The molecular formula is C18H20N2O2. The van der Waals surface area contributed by atoms with Gasteiger partial charge in [-0.05, 0) is 29.5 Å². The van der Waals surface area contributed by atoms with Gasteiger partial charge in [-0.3, -0.25) is 0 Å². The summed E-state index contributed by atoms with van der Waals surface area (Å²) in [5, 5.41) is 9.07. The molecule has 4 heteroatoms. The third kappa shape index (κ3) is 3.58. The molecule has 0 aliphatic carbocycles. The zero-order valence-electron chi connectivity index (χ0n) is 13.3. The van der Waals surface area contributed by atoms with Crippen LogP contribution in [-0.4, -0.2) is 21.0 Å². The van der Waals surface area contributed by atoms with Crippen molar-refractivity contribution >= 4 is 18.1 Å². The lowest BCUT2D eigenvalue weighted by atomic mass is 9.87. The predicted octanol–water partition coefficient (Wildman–Crippen LogP) is 3.95. The first-order valence-electron chi connectivity index (χ1n) is 7.12. The van der Waals surface area contributed by atoms with Crippen LogP contribution in [0.25, 0.3) is 12.2 Å². The van der Waals surface area contributed by atoms with Crippen molar-refractivity contribution in [2.75, 3.05) is 0 Å². The van der Waals surface area contributed by atoms with Crippen LogP contribution >= 0.6 is 0 Å². The van der Waals surface area contributed by atoms with Gasteiger partial charge in [0, 0.05) is 5.56 Å². The Hall–Kier alpha value is -2.49. The number of hydrogen-bond acceptors (Lipinski definition) is 3. The molecule has 2 rings (SSSR count). The van der Waals surface area contributed by atoms with Crippen molar-refractivity contribution in [3.63, 3.8) is 0 Å². The van der Waals surface area contributed by atoms with E-state index in [0.717, 1.165) is 5.56 Å². The molecule has 0 amide bonds. The van der Waals surface area contributed by atoms with E-state index in [1.165, 1.54) is 11.9 Å². The fourth-order valence-corrected chi connectivity index (χ4v) is 2.12. The molecule has 0 bridgehead atoms. The summed E-state index contributed by atoms with van der Waals surface area (Å²) in [5.41, 5.74) is 3.67. The van der Waals surface area contributed by atoms with E-state index in [2.05, 4.69) is 42.9 Å². The number of hydrogen-bond donors (Lipinski definition) is 1. The van der Waals surface area contributed by atoms with Gasteiger partial charge in [0.15, 0.2) is 5.69 Å². The van der Waals surface area contributed by atoms with Crippen LogP contribution in [0, 0.1) is 6.92 Å². The van der Waals surface area contributed by atoms with E-state index in [-0.39, 0.29) is 11.1 Å². The van der Waals surface area contributed by atoms with Crippen molar-refractivity contribution < 1.29 is 9.90 Å². The highest BCUT2D eigenvalue weighted by Gasteiger charge is 2.13. The maximum atomic E-state index is 11.1. The number of aromatic nitrogens is 2. The fourth-order valence-electron chi connectivity index (χ4n) is 2.12. The Morgan fingerprint density at radius 1 is 1.09 bits per heavy atom. The molecule has 0 unspecified atom stereocenters. The standard InChI is InChI=1S/C18H20N2O2/c1-12-15(19-11-20-16(12)17(21)22)10-7-13-5-8-14(9-6-13)18(2,3)4/h5-11H,1-4H3,(H,21,22). The molecule has 1 heterocycles. The lowest BCUT2D eigenvalue weighted by Gasteiger charge is -2.18. The van der Waals surface area contributed by atoms with E-state index in [9.17, 15) is 4.79 Å². The second kappa shape index (κ2) is 6.10. The lowest BCUT2D eigenvalue weighted by molar-refractivity contribution is 0.0689. The van der Waals surface area contributed by atoms with Gasteiger partial charge in [-0.25, -0.2) is 14.8 Å². The molecule has 1 aromatic carbocycles. The van der Waals surface area contributed by atoms with Crippen LogP contribution in [0.5, 0.6) is 0 Å². The van der Waals surface area contributed by atoms with Gasteiger partial charge in [-0.15, -0.1) is 0 Å². The molecule has 0 saturated carbocycles. The van der Waals surface area contributed by atoms with Crippen LogP contribution in [0.2, 0.25) is 0 Å². The third-order valence-corrected chi connectivity index (χ3v) is 3.54. The molecular weight excluding hydrogens is 276 g/mol. The van der Waals surface area contributed by atoms with Gasteiger partial charge in [0.25, 0.3) is 0 Å². The summed E-state index contributed by atoms with van der Waals surface area (Å²) in [6, 6.07) is 8.31. The average molecular weight is 296 g/mol. The molecule has 0 radical (unpaired) electrons. The first-order valence-corrected chi connectivity index (χ1v) is 7.12. The van der Waals surface area contributed by atoms with Crippen molar-refractivity contribution in [1.82, 2.24) is 9.97 Å². The normalized spacial score (nSPS) is 11.8. The van der Waals surface area contributed by atoms with Crippen molar-refractivity contribution in [3.05, 3.63) is 58.7 Å². The number of carbonyl (C=O) groups is 1. The van der Waals surface area contributed by atoms with Crippen molar-refractivity contribution in [1.29, 1.82) is 0 Å². The Kier molecular flexibility index (Phi) is 4.40.